The van der Waals surface area contributed by atoms with Gasteiger partial charge in [-0.15, -0.1) is 0 Å². The Morgan fingerprint density at radius 3 is 2.40 bits per heavy atom. The summed E-state index contributed by atoms with van der Waals surface area (Å²) in [5.41, 5.74) is 1.67. The Morgan fingerprint density at radius 2 is 1.72 bits per heavy atom. The fraction of sp³-hybridized carbons (Fsp3) is 0.105. The number of carbonyl (C=O) groups excluding carboxylic acids is 2. The molecule has 0 amide bonds. The summed E-state index contributed by atoms with van der Waals surface area (Å²) in [7, 11) is 1.29. The minimum atomic E-state index is -0.609. The Bertz CT molecular complexity index is 967. The third-order valence-electron chi connectivity index (χ3n) is 3.67. The van der Waals surface area contributed by atoms with Crippen LogP contribution in [0.5, 0.6) is 5.75 Å². The normalized spacial score (nSPS) is 10.5. The van der Waals surface area contributed by atoms with Gasteiger partial charge in [-0.25, -0.2) is 14.0 Å². The molecule has 1 heterocycles. The van der Waals surface area contributed by atoms with Crippen LogP contribution in [0, 0.1) is 12.7 Å². The van der Waals surface area contributed by atoms with E-state index < -0.39 is 17.8 Å². The molecule has 6 heteroatoms. The predicted octanol–water partition coefficient (Wildman–Crippen LogP) is 3.69. The van der Waals surface area contributed by atoms with Gasteiger partial charge in [-0.05, 0) is 55.5 Å². The average Bonchev–Trinajstić information content (AvgIpc) is 2.61. The summed E-state index contributed by atoms with van der Waals surface area (Å²) in [5.74, 6) is -1.22. The van der Waals surface area contributed by atoms with Gasteiger partial charge in [0.05, 0.1) is 29.4 Å². The van der Waals surface area contributed by atoms with Crippen LogP contribution in [-0.2, 0) is 4.74 Å². The van der Waals surface area contributed by atoms with E-state index in [1.165, 1.54) is 43.5 Å². The summed E-state index contributed by atoms with van der Waals surface area (Å²) >= 11 is 0. The van der Waals surface area contributed by atoms with Crippen LogP contribution in [-0.4, -0.2) is 24.0 Å². The molecule has 0 N–H and O–H groups in total. The van der Waals surface area contributed by atoms with Gasteiger partial charge in [-0.2, -0.15) is 0 Å². The second-order valence-electron chi connectivity index (χ2n) is 5.36. The highest BCUT2D eigenvalue weighted by Crippen LogP contribution is 2.20. The molecular formula is C19H14FNO4. The lowest BCUT2D eigenvalue weighted by Gasteiger charge is -2.08. The number of rotatable bonds is 3. The lowest BCUT2D eigenvalue weighted by Crippen LogP contribution is -2.11. The van der Waals surface area contributed by atoms with Gasteiger partial charge in [0.2, 0.25) is 0 Å². The number of nitrogens with zero attached hydrogens (tertiary/aromatic N) is 1. The van der Waals surface area contributed by atoms with Gasteiger partial charge in [0, 0.05) is 5.39 Å². The molecule has 2 aromatic carbocycles. The van der Waals surface area contributed by atoms with Crippen molar-refractivity contribution in [2.24, 2.45) is 0 Å². The fourth-order valence-electron chi connectivity index (χ4n) is 2.39. The number of pyridine rings is 1. The Hall–Kier alpha value is -3.28. The van der Waals surface area contributed by atoms with Gasteiger partial charge in [0.25, 0.3) is 0 Å². The lowest BCUT2D eigenvalue weighted by molar-refractivity contribution is 0.0600. The molecule has 3 rings (SSSR count). The van der Waals surface area contributed by atoms with E-state index in [1.807, 2.05) is 0 Å². The Kier molecular flexibility index (Phi) is 4.43. The molecule has 0 atom stereocenters. The quantitative estimate of drug-likeness (QED) is 0.538. The van der Waals surface area contributed by atoms with Gasteiger partial charge in [0.1, 0.15) is 11.6 Å². The number of methoxy groups -OCH3 is 1. The molecule has 1 aromatic heterocycles. The summed E-state index contributed by atoms with van der Waals surface area (Å²) in [6.45, 7) is 1.68. The summed E-state index contributed by atoms with van der Waals surface area (Å²) in [6, 6.07) is 11.7. The summed E-state index contributed by atoms with van der Waals surface area (Å²) in [6.07, 6.45) is 0. The second kappa shape index (κ2) is 6.68. The molecule has 3 aromatic rings. The Balaban J connectivity index is 1.86. The van der Waals surface area contributed by atoms with E-state index in [0.717, 1.165) is 0 Å². The third-order valence-corrected chi connectivity index (χ3v) is 3.67. The number of hydrogen-bond acceptors (Lipinski definition) is 5. The number of benzene rings is 2. The summed E-state index contributed by atoms with van der Waals surface area (Å²) in [5, 5.41) is 0.513. The molecule has 0 spiro atoms. The molecule has 126 valence electrons. The maximum atomic E-state index is 13.4. The van der Waals surface area contributed by atoms with Gasteiger partial charge < -0.3 is 9.47 Å². The molecule has 25 heavy (non-hydrogen) atoms. The van der Waals surface area contributed by atoms with Gasteiger partial charge >= 0.3 is 11.9 Å². The zero-order valence-electron chi connectivity index (χ0n) is 13.6. The molecule has 0 bridgehead atoms. The average molecular weight is 339 g/mol. The zero-order valence-corrected chi connectivity index (χ0v) is 13.6. The molecule has 5 nitrogen and oxygen atoms in total. The van der Waals surface area contributed by atoms with Crippen LogP contribution in [0.1, 0.15) is 26.4 Å². The molecule has 0 saturated heterocycles. The van der Waals surface area contributed by atoms with Gasteiger partial charge in [0.15, 0.2) is 0 Å². The monoisotopic (exact) mass is 339 g/mol. The van der Waals surface area contributed by atoms with Crippen LogP contribution >= 0.6 is 0 Å². The topological polar surface area (TPSA) is 65.5 Å². The molecule has 0 fully saturated rings. The molecule has 0 aliphatic carbocycles. The largest absolute Gasteiger partial charge is 0.465 e. The number of fused-ring (bicyclic) bond motifs is 1. The van der Waals surface area contributed by atoms with Crippen molar-refractivity contribution in [2.45, 2.75) is 6.92 Å². The molecule has 0 saturated carbocycles. The van der Waals surface area contributed by atoms with Crippen LogP contribution in [0.2, 0.25) is 0 Å². The first kappa shape index (κ1) is 16.6. The molecule has 0 aliphatic rings. The van der Waals surface area contributed by atoms with Crippen molar-refractivity contribution in [2.75, 3.05) is 7.11 Å². The highest BCUT2D eigenvalue weighted by atomic mass is 19.1. The van der Waals surface area contributed by atoms with E-state index in [0.29, 0.717) is 22.2 Å². The smallest absolute Gasteiger partial charge is 0.345 e. The third kappa shape index (κ3) is 3.47. The SMILES string of the molecule is COC(=O)c1ccc(OC(=O)c2cc3cc(F)ccc3nc2C)cc1. The first-order valence-corrected chi connectivity index (χ1v) is 7.45. The fourth-order valence-corrected chi connectivity index (χ4v) is 2.39. The standard InChI is InChI=1S/C19H14FNO4/c1-11-16(10-13-9-14(20)5-8-17(13)21-11)19(23)25-15-6-3-12(4-7-15)18(22)24-2/h3-10H,1-2H3. The number of hydrogen-bond donors (Lipinski definition) is 0. The number of ether oxygens (including phenoxy) is 2. The van der Waals surface area contributed by atoms with Crippen LogP contribution in [0.25, 0.3) is 10.9 Å². The highest BCUT2D eigenvalue weighted by molar-refractivity contribution is 5.96. The Labute approximate surface area is 143 Å². The maximum Gasteiger partial charge on any atom is 0.345 e. The summed E-state index contributed by atoms with van der Waals surface area (Å²) < 4.78 is 23.3. The number of aromatic nitrogens is 1. The van der Waals surface area contributed by atoms with Crippen LogP contribution in [0.15, 0.2) is 48.5 Å². The molecular weight excluding hydrogens is 325 g/mol. The zero-order chi connectivity index (χ0) is 18.0. The number of carbonyl (C=O) groups is 2. The summed E-state index contributed by atoms with van der Waals surface area (Å²) in [4.78, 5) is 28.1. The van der Waals surface area contributed by atoms with E-state index >= 15 is 0 Å². The van der Waals surface area contributed by atoms with Gasteiger partial charge in [-0.3, -0.25) is 4.98 Å². The van der Waals surface area contributed by atoms with Crippen molar-refractivity contribution in [3.63, 3.8) is 0 Å². The van der Waals surface area contributed by atoms with Crippen molar-refractivity contribution >= 4 is 22.8 Å². The van der Waals surface area contributed by atoms with E-state index in [2.05, 4.69) is 9.72 Å². The molecule has 0 aliphatic heterocycles. The minimum absolute atomic E-state index is 0.246. The number of esters is 2. The number of aryl methyl sites for hydroxylation is 1. The van der Waals surface area contributed by atoms with Crippen LogP contribution in [0.4, 0.5) is 4.39 Å². The highest BCUT2D eigenvalue weighted by Gasteiger charge is 2.15. The van der Waals surface area contributed by atoms with Gasteiger partial charge in [-0.1, -0.05) is 0 Å². The lowest BCUT2D eigenvalue weighted by atomic mass is 10.1. The van der Waals surface area contributed by atoms with Crippen molar-refractivity contribution < 1.29 is 23.5 Å². The molecule has 0 unspecified atom stereocenters. The minimum Gasteiger partial charge on any atom is -0.465 e. The van der Waals surface area contributed by atoms with Crippen molar-refractivity contribution in [3.05, 3.63) is 71.2 Å². The van der Waals surface area contributed by atoms with Crippen LogP contribution < -0.4 is 4.74 Å². The first-order valence-electron chi connectivity index (χ1n) is 7.45. The van der Waals surface area contributed by atoms with Crippen molar-refractivity contribution in [3.8, 4) is 5.75 Å². The van der Waals surface area contributed by atoms with E-state index in [9.17, 15) is 14.0 Å². The van der Waals surface area contributed by atoms with E-state index in [-0.39, 0.29) is 11.3 Å². The number of halogens is 1. The molecule has 0 radical (unpaired) electrons. The van der Waals surface area contributed by atoms with E-state index in [1.54, 1.807) is 19.1 Å². The second-order valence-corrected chi connectivity index (χ2v) is 5.36. The first-order chi connectivity index (χ1) is 12.0. The van der Waals surface area contributed by atoms with E-state index in [4.69, 9.17) is 4.74 Å². The maximum absolute atomic E-state index is 13.4. The Morgan fingerprint density at radius 1 is 1.00 bits per heavy atom. The van der Waals surface area contributed by atoms with Crippen molar-refractivity contribution in [1.82, 2.24) is 4.98 Å². The van der Waals surface area contributed by atoms with Crippen LogP contribution in [0.3, 0.4) is 0 Å². The predicted molar refractivity (Wildman–Crippen MR) is 89.2 cm³/mol. The van der Waals surface area contributed by atoms with Crippen molar-refractivity contribution in [1.29, 1.82) is 0 Å².